The van der Waals surface area contributed by atoms with Crippen LogP contribution >= 0.6 is 0 Å². The normalized spacial score (nSPS) is 17.4. The highest BCUT2D eigenvalue weighted by molar-refractivity contribution is 5.40. The Balaban J connectivity index is 2.04. The van der Waals surface area contributed by atoms with Crippen molar-refractivity contribution < 1.29 is 0 Å². The highest BCUT2D eigenvalue weighted by Crippen LogP contribution is 2.21. The maximum atomic E-state index is 5.67. The number of rotatable bonds is 3. The highest BCUT2D eigenvalue weighted by atomic mass is 15.0. The van der Waals surface area contributed by atoms with E-state index in [4.69, 9.17) is 5.73 Å². The third-order valence-corrected chi connectivity index (χ3v) is 3.21. The molecule has 16 heavy (non-hydrogen) atoms. The lowest BCUT2D eigenvalue weighted by Crippen LogP contribution is -2.23. The van der Waals surface area contributed by atoms with Gasteiger partial charge in [-0.15, -0.1) is 0 Å². The number of nitrogens with zero attached hydrogens (tertiary/aromatic N) is 1. The molecule has 0 unspecified atom stereocenters. The van der Waals surface area contributed by atoms with Crippen LogP contribution in [0.3, 0.4) is 0 Å². The molecule has 0 spiro atoms. The smallest absolute Gasteiger partial charge is 0.126 e. The van der Waals surface area contributed by atoms with Crippen LogP contribution in [-0.2, 0) is 6.54 Å². The van der Waals surface area contributed by atoms with Crippen LogP contribution in [0.4, 0.5) is 5.82 Å². The minimum Gasteiger partial charge on any atom is -0.367 e. The summed E-state index contributed by atoms with van der Waals surface area (Å²) in [6.45, 7) is 2.61. The van der Waals surface area contributed by atoms with E-state index in [1.165, 1.54) is 32.1 Å². The molecule has 1 heterocycles. The number of nitrogens with one attached hydrogen (secondary N) is 1. The number of anilines is 1. The van der Waals surface area contributed by atoms with Gasteiger partial charge in [-0.25, -0.2) is 4.98 Å². The van der Waals surface area contributed by atoms with Crippen molar-refractivity contribution >= 4 is 5.82 Å². The zero-order valence-electron chi connectivity index (χ0n) is 10.00. The molecule has 0 radical (unpaired) electrons. The van der Waals surface area contributed by atoms with Gasteiger partial charge in [0, 0.05) is 18.3 Å². The monoisotopic (exact) mass is 219 g/mol. The summed E-state index contributed by atoms with van der Waals surface area (Å²) < 4.78 is 0. The van der Waals surface area contributed by atoms with Crippen molar-refractivity contribution in [2.75, 3.05) is 5.32 Å². The van der Waals surface area contributed by atoms with Crippen LogP contribution in [-0.4, -0.2) is 11.0 Å². The molecule has 0 bridgehead atoms. The summed E-state index contributed by atoms with van der Waals surface area (Å²) in [5.41, 5.74) is 7.87. The van der Waals surface area contributed by atoms with Crippen molar-refractivity contribution in [3.63, 3.8) is 0 Å². The Morgan fingerprint density at radius 3 is 2.75 bits per heavy atom. The number of aromatic nitrogens is 1. The van der Waals surface area contributed by atoms with Crippen LogP contribution in [0, 0.1) is 6.92 Å². The molecule has 1 aromatic rings. The van der Waals surface area contributed by atoms with Gasteiger partial charge in [-0.3, -0.25) is 0 Å². The summed E-state index contributed by atoms with van der Waals surface area (Å²) in [5, 5.41) is 3.53. The first-order chi connectivity index (χ1) is 7.78. The Morgan fingerprint density at radius 1 is 1.31 bits per heavy atom. The predicted molar refractivity (Wildman–Crippen MR) is 67.4 cm³/mol. The molecule has 1 aromatic heterocycles. The Hall–Kier alpha value is -1.09. The SMILES string of the molecule is Cc1cc(CN)cc(NC2CCCCC2)n1. The van der Waals surface area contributed by atoms with Crippen molar-refractivity contribution in [1.29, 1.82) is 0 Å². The van der Waals surface area contributed by atoms with E-state index in [1.54, 1.807) is 0 Å². The fraction of sp³-hybridized carbons (Fsp3) is 0.615. The van der Waals surface area contributed by atoms with Gasteiger partial charge in [-0.2, -0.15) is 0 Å². The van der Waals surface area contributed by atoms with Crippen molar-refractivity contribution in [2.45, 2.75) is 51.6 Å². The minimum atomic E-state index is 0.586. The zero-order chi connectivity index (χ0) is 11.4. The van der Waals surface area contributed by atoms with Crippen molar-refractivity contribution in [3.8, 4) is 0 Å². The summed E-state index contributed by atoms with van der Waals surface area (Å²) >= 11 is 0. The molecule has 1 aliphatic carbocycles. The molecule has 2 rings (SSSR count). The summed E-state index contributed by atoms with van der Waals surface area (Å²) in [5.74, 6) is 0.993. The van der Waals surface area contributed by atoms with E-state index >= 15 is 0 Å². The van der Waals surface area contributed by atoms with E-state index in [0.717, 1.165) is 17.1 Å². The molecular weight excluding hydrogens is 198 g/mol. The van der Waals surface area contributed by atoms with Crippen LogP contribution in [0.15, 0.2) is 12.1 Å². The molecule has 0 saturated heterocycles. The lowest BCUT2D eigenvalue weighted by molar-refractivity contribution is 0.462. The van der Waals surface area contributed by atoms with Crippen LogP contribution in [0.1, 0.15) is 43.4 Å². The van der Waals surface area contributed by atoms with E-state index in [9.17, 15) is 0 Å². The molecule has 0 aromatic carbocycles. The molecule has 0 aliphatic heterocycles. The summed E-state index contributed by atoms with van der Waals surface area (Å²) in [6, 6.07) is 4.72. The van der Waals surface area contributed by atoms with Crippen molar-refractivity contribution in [2.24, 2.45) is 5.73 Å². The molecule has 88 valence electrons. The first-order valence-corrected chi connectivity index (χ1v) is 6.22. The average Bonchev–Trinajstić information content (AvgIpc) is 2.29. The maximum absolute atomic E-state index is 5.67. The molecular formula is C13H21N3. The Morgan fingerprint density at radius 2 is 2.06 bits per heavy atom. The van der Waals surface area contributed by atoms with Gasteiger partial charge in [0.1, 0.15) is 5.82 Å². The third-order valence-electron chi connectivity index (χ3n) is 3.21. The van der Waals surface area contributed by atoms with E-state index in [2.05, 4.69) is 16.4 Å². The van der Waals surface area contributed by atoms with Crippen LogP contribution in [0.5, 0.6) is 0 Å². The third kappa shape index (κ3) is 2.95. The van der Waals surface area contributed by atoms with E-state index in [-0.39, 0.29) is 0 Å². The highest BCUT2D eigenvalue weighted by Gasteiger charge is 2.13. The second-order valence-corrected chi connectivity index (χ2v) is 4.69. The number of aryl methyl sites for hydroxylation is 1. The summed E-state index contributed by atoms with van der Waals surface area (Å²) in [6.07, 6.45) is 6.61. The number of nitrogens with two attached hydrogens (primary N) is 1. The van der Waals surface area contributed by atoms with Gasteiger partial charge in [-0.1, -0.05) is 19.3 Å². The fourth-order valence-corrected chi connectivity index (χ4v) is 2.39. The van der Waals surface area contributed by atoms with Crippen LogP contribution in [0.2, 0.25) is 0 Å². The van der Waals surface area contributed by atoms with Crippen molar-refractivity contribution in [1.82, 2.24) is 4.98 Å². The van der Waals surface area contributed by atoms with E-state index < -0.39 is 0 Å². The maximum Gasteiger partial charge on any atom is 0.126 e. The summed E-state index contributed by atoms with van der Waals surface area (Å²) in [7, 11) is 0. The Kier molecular flexibility index (Phi) is 3.78. The lowest BCUT2D eigenvalue weighted by Gasteiger charge is -2.23. The molecule has 1 fully saturated rings. The second-order valence-electron chi connectivity index (χ2n) is 4.69. The molecule has 1 aliphatic rings. The molecule has 0 atom stereocenters. The van der Waals surface area contributed by atoms with E-state index in [0.29, 0.717) is 12.6 Å². The Bertz CT molecular complexity index is 343. The van der Waals surface area contributed by atoms with Crippen LogP contribution < -0.4 is 11.1 Å². The topological polar surface area (TPSA) is 50.9 Å². The average molecular weight is 219 g/mol. The first-order valence-electron chi connectivity index (χ1n) is 6.22. The first kappa shape index (κ1) is 11.4. The quantitative estimate of drug-likeness (QED) is 0.821. The largest absolute Gasteiger partial charge is 0.367 e. The molecule has 3 nitrogen and oxygen atoms in total. The molecule has 1 saturated carbocycles. The van der Waals surface area contributed by atoms with Crippen molar-refractivity contribution in [3.05, 3.63) is 23.4 Å². The lowest BCUT2D eigenvalue weighted by atomic mass is 9.95. The predicted octanol–water partition coefficient (Wildman–Crippen LogP) is 2.59. The van der Waals surface area contributed by atoms with Gasteiger partial charge < -0.3 is 11.1 Å². The fourth-order valence-electron chi connectivity index (χ4n) is 2.39. The molecule has 3 N–H and O–H groups in total. The van der Waals surface area contributed by atoms with E-state index in [1.807, 2.05) is 13.0 Å². The molecule has 0 amide bonds. The van der Waals surface area contributed by atoms with Gasteiger partial charge in [0.15, 0.2) is 0 Å². The van der Waals surface area contributed by atoms with Gasteiger partial charge in [0.2, 0.25) is 0 Å². The Labute approximate surface area is 97.5 Å². The van der Waals surface area contributed by atoms with Gasteiger partial charge >= 0.3 is 0 Å². The molecule has 3 heteroatoms. The number of pyridine rings is 1. The van der Waals surface area contributed by atoms with Gasteiger partial charge in [0.05, 0.1) is 0 Å². The van der Waals surface area contributed by atoms with Gasteiger partial charge in [-0.05, 0) is 37.5 Å². The number of hydrogen-bond donors (Lipinski definition) is 2. The second kappa shape index (κ2) is 5.30. The number of hydrogen-bond acceptors (Lipinski definition) is 3. The summed E-state index contributed by atoms with van der Waals surface area (Å²) in [4.78, 5) is 4.51. The van der Waals surface area contributed by atoms with Crippen LogP contribution in [0.25, 0.3) is 0 Å². The minimum absolute atomic E-state index is 0.586. The standard InChI is InChI=1S/C13H21N3/c1-10-7-11(9-14)8-13(15-10)16-12-5-3-2-4-6-12/h7-8,12H,2-6,9,14H2,1H3,(H,15,16). The zero-order valence-corrected chi connectivity index (χ0v) is 10.00. The van der Waals surface area contributed by atoms with Gasteiger partial charge in [0.25, 0.3) is 0 Å².